The van der Waals surface area contributed by atoms with Gasteiger partial charge in [-0.2, -0.15) is 4.31 Å². The molecule has 0 radical (unpaired) electrons. The van der Waals surface area contributed by atoms with Gasteiger partial charge >= 0.3 is 0 Å². The lowest BCUT2D eigenvalue weighted by atomic mass is 10.0. The summed E-state index contributed by atoms with van der Waals surface area (Å²) in [5.41, 5.74) is 6.03. The van der Waals surface area contributed by atoms with Gasteiger partial charge in [-0.25, -0.2) is 16.8 Å². The normalized spacial score (nSPS) is 21.6. The van der Waals surface area contributed by atoms with Gasteiger partial charge in [0.2, 0.25) is 10.0 Å². The molecule has 11 heteroatoms. The molecular formula is C16H18ClN3O5S2. The summed E-state index contributed by atoms with van der Waals surface area (Å²) in [5, 5.41) is 1.07. The first-order valence-corrected chi connectivity index (χ1v) is 11.9. The van der Waals surface area contributed by atoms with Crippen molar-refractivity contribution in [2.45, 2.75) is 17.5 Å². The van der Waals surface area contributed by atoms with Gasteiger partial charge in [0.05, 0.1) is 16.1 Å². The van der Waals surface area contributed by atoms with Crippen LogP contribution in [0.4, 0.5) is 0 Å². The van der Waals surface area contributed by atoms with Crippen LogP contribution in [0.3, 0.4) is 0 Å². The Labute approximate surface area is 162 Å². The van der Waals surface area contributed by atoms with Crippen molar-refractivity contribution in [1.82, 2.24) is 9.29 Å². The molecule has 0 saturated carbocycles. The van der Waals surface area contributed by atoms with Crippen molar-refractivity contribution in [2.24, 2.45) is 11.7 Å². The molecule has 3 rings (SSSR count). The maximum absolute atomic E-state index is 13.2. The maximum Gasteiger partial charge on any atom is 0.245 e. The summed E-state index contributed by atoms with van der Waals surface area (Å²) in [7, 11) is -7.57. The third-order valence-corrected chi connectivity index (χ3v) is 7.54. The van der Waals surface area contributed by atoms with Gasteiger partial charge in [-0.15, -0.1) is 0 Å². The summed E-state index contributed by atoms with van der Waals surface area (Å²) in [6.07, 6.45) is 2.83. The zero-order chi connectivity index (χ0) is 20.0. The lowest BCUT2D eigenvalue weighted by molar-refractivity contribution is -0.120. The first-order valence-electron chi connectivity index (χ1n) is 8.02. The van der Waals surface area contributed by atoms with Crippen LogP contribution in [0.5, 0.6) is 0 Å². The molecule has 1 aliphatic rings. The van der Waals surface area contributed by atoms with Gasteiger partial charge in [-0.1, -0.05) is 23.7 Å². The number of Topliss-reactive ketones (excluding diaryl/α,β-unsaturated/α-hetero) is 1. The van der Waals surface area contributed by atoms with E-state index < -0.39 is 43.5 Å². The quantitative estimate of drug-likeness (QED) is 0.741. The van der Waals surface area contributed by atoms with Gasteiger partial charge in [-0.05, 0) is 12.5 Å². The SMILES string of the molecule is CS(=O)(=O)CC(=O)C1CCN(S(=O)(=O)c2cccc3cncc(Cl)c23)[C@@H]1N. The van der Waals surface area contributed by atoms with Crippen molar-refractivity contribution in [3.63, 3.8) is 0 Å². The smallest absolute Gasteiger partial charge is 0.245 e. The third-order valence-electron chi connectivity index (χ3n) is 4.51. The predicted octanol–water partition coefficient (Wildman–Crippen LogP) is 0.797. The summed E-state index contributed by atoms with van der Waals surface area (Å²) >= 11 is 6.17. The van der Waals surface area contributed by atoms with E-state index in [9.17, 15) is 21.6 Å². The lowest BCUT2D eigenvalue weighted by Crippen LogP contribution is -2.46. The molecule has 2 aromatic rings. The number of pyridine rings is 1. The van der Waals surface area contributed by atoms with Crippen molar-refractivity contribution in [1.29, 1.82) is 0 Å². The molecule has 146 valence electrons. The Bertz CT molecular complexity index is 1110. The van der Waals surface area contributed by atoms with Crippen LogP contribution >= 0.6 is 11.6 Å². The number of halogens is 1. The van der Waals surface area contributed by atoms with Crippen molar-refractivity contribution in [2.75, 3.05) is 18.6 Å². The van der Waals surface area contributed by atoms with E-state index in [1.165, 1.54) is 18.5 Å². The number of hydrogen-bond donors (Lipinski definition) is 1. The van der Waals surface area contributed by atoms with Crippen LogP contribution < -0.4 is 5.73 Å². The van der Waals surface area contributed by atoms with E-state index in [1.807, 2.05) is 0 Å². The monoisotopic (exact) mass is 431 g/mol. The summed E-state index contributed by atoms with van der Waals surface area (Å²) in [6, 6.07) is 4.68. The number of nitrogens with zero attached hydrogens (tertiary/aromatic N) is 2. The van der Waals surface area contributed by atoms with E-state index >= 15 is 0 Å². The van der Waals surface area contributed by atoms with E-state index in [0.29, 0.717) is 10.8 Å². The fraction of sp³-hybridized carbons (Fsp3) is 0.375. The Hall–Kier alpha value is -1.59. The summed E-state index contributed by atoms with van der Waals surface area (Å²) < 4.78 is 50.2. The molecule has 0 amide bonds. The highest BCUT2D eigenvalue weighted by molar-refractivity contribution is 7.91. The number of rotatable bonds is 5. The Kier molecular flexibility index (Phi) is 5.30. The van der Waals surface area contributed by atoms with Gasteiger partial charge in [0, 0.05) is 41.9 Å². The highest BCUT2D eigenvalue weighted by Gasteiger charge is 2.43. The minimum atomic E-state index is -4.05. The number of benzene rings is 1. The Balaban J connectivity index is 1.99. The fourth-order valence-corrected chi connectivity index (χ4v) is 6.14. The predicted molar refractivity (Wildman–Crippen MR) is 101 cm³/mol. The second-order valence-electron chi connectivity index (χ2n) is 6.51. The average molecular weight is 432 g/mol. The van der Waals surface area contributed by atoms with Crippen molar-refractivity contribution < 1.29 is 21.6 Å². The Morgan fingerprint density at radius 1 is 1.30 bits per heavy atom. The summed E-state index contributed by atoms with van der Waals surface area (Å²) in [6.45, 7) is 0.0166. The number of sulfone groups is 1. The molecule has 27 heavy (non-hydrogen) atoms. The first kappa shape index (κ1) is 20.2. The van der Waals surface area contributed by atoms with Crippen molar-refractivity contribution >= 4 is 48.0 Å². The molecule has 8 nitrogen and oxygen atoms in total. The van der Waals surface area contributed by atoms with Crippen LogP contribution in [-0.4, -0.2) is 56.6 Å². The van der Waals surface area contributed by atoms with Gasteiger partial charge in [-0.3, -0.25) is 9.78 Å². The highest BCUT2D eigenvalue weighted by Crippen LogP contribution is 2.34. The highest BCUT2D eigenvalue weighted by atomic mass is 35.5. The number of sulfonamides is 1. The van der Waals surface area contributed by atoms with E-state index in [2.05, 4.69) is 4.98 Å². The molecule has 0 spiro atoms. The number of ketones is 1. The average Bonchev–Trinajstić information content (AvgIpc) is 2.95. The summed E-state index contributed by atoms with van der Waals surface area (Å²) in [5.74, 6) is -2.12. The van der Waals surface area contributed by atoms with Gasteiger partial charge in [0.15, 0.2) is 15.6 Å². The second kappa shape index (κ2) is 7.10. The van der Waals surface area contributed by atoms with Crippen LogP contribution in [0.1, 0.15) is 6.42 Å². The van der Waals surface area contributed by atoms with E-state index in [4.69, 9.17) is 17.3 Å². The first-order chi connectivity index (χ1) is 12.5. The molecule has 0 bridgehead atoms. The number of nitrogens with two attached hydrogens (primary N) is 1. The number of aromatic nitrogens is 1. The molecule has 1 aliphatic heterocycles. The number of carbonyl (C=O) groups excluding carboxylic acids is 1. The van der Waals surface area contributed by atoms with Crippen LogP contribution in [0.25, 0.3) is 10.8 Å². The van der Waals surface area contributed by atoms with E-state index in [-0.39, 0.29) is 22.9 Å². The molecule has 2 atom stereocenters. The largest absolute Gasteiger partial charge is 0.314 e. The van der Waals surface area contributed by atoms with Crippen LogP contribution in [0.2, 0.25) is 5.02 Å². The minimum Gasteiger partial charge on any atom is -0.314 e. The molecule has 0 aliphatic carbocycles. The van der Waals surface area contributed by atoms with Crippen LogP contribution in [0, 0.1) is 5.92 Å². The molecule has 1 aromatic heterocycles. The molecule has 1 aromatic carbocycles. The number of fused-ring (bicyclic) bond motifs is 1. The molecule has 2 N–H and O–H groups in total. The molecule has 1 fully saturated rings. The second-order valence-corrected chi connectivity index (χ2v) is 10.9. The van der Waals surface area contributed by atoms with Gasteiger partial charge in [0.1, 0.15) is 5.75 Å². The van der Waals surface area contributed by atoms with Gasteiger partial charge in [0.25, 0.3) is 0 Å². The Morgan fingerprint density at radius 3 is 2.67 bits per heavy atom. The lowest BCUT2D eigenvalue weighted by Gasteiger charge is -2.24. The number of carbonyl (C=O) groups is 1. The molecule has 1 saturated heterocycles. The van der Waals surface area contributed by atoms with Gasteiger partial charge < -0.3 is 5.73 Å². The van der Waals surface area contributed by atoms with E-state index in [0.717, 1.165) is 10.6 Å². The van der Waals surface area contributed by atoms with Crippen molar-refractivity contribution in [3.05, 3.63) is 35.6 Å². The van der Waals surface area contributed by atoms with E-state index in [1.54, 1.807) is 12.1 Å². The summed E-state index contributed by atoms with van der Waals surface area (Å²) in [4.78, 5) is 16.2. The standard InChI is InChI=1S/C16H18ClN3O5S2/c1-26(22,23)9-13(21)11-5-6-20(16(11)18)27(24,25)14-4-2-3-10-7-19-8-12(17)15(10)14/h2-4,7-8,11,16H,5-6,9,18H2,1H3/t11?,16-/m0/s1. The third kappa shape index (κ3) is 3.85. The maximum atomic E-state index is 13.2. The molecule has 1 unspecified atom stereocenters. The fourth-order valence-electron chi connectivity index (χ4n) is 3.28. The topological polar surface area (TPSA) is 128 Å². The zero-order valence-corrected chi connectivity index (χ0v) is 16.8. The number of hydrogen-bond acceptors (Lipinski definition) is 7. The van der Waals surface area contributed by atoms with Crippen LogP contribution in [-0.2, 0) is 24.7 Å². The van der Waals surface area contributed by atoms with Crippen LogP contribution in [0.15, 0.2) is 35.5 Å². The molecule has 2 heterocycles. The minimum absolute atomic E-state index is 0.0166. The molecular weight excluding hydrogens is 414 g/mol. The Morgan fingerprint density at radius 2 is 2.00 bits per heavy atom. The zero-order valence-electron chi connectivity index (χ0n) is 14.4. The van der Waals surface area contributed by atoms with Crippen molar-refractivity contribution in [3.8, 4) is 0 Å².